The number of carbonyl (C=O) groups is 1. The molecule has 1 aromatic carbocycles. The molecule has 9 heteroatoms. The first-order valence-corrected chi connectivity index (χ1v) is 9.22. The number of nitrogens with zero attached hydrogens (tertiary/aromatic N) is 2. The number of ether oxygens (including phenoxy) is 2. The monoisotopic (exact) mass is 367 g/mol. The molecule has 2 rings (SSSR count). The van der Waals surface area contributed by atoms with Gasteiger partial charge in [0.1, 0.15) is 19.0 Å². The minimum Gasteiger partial charge on any atom is -0.490 e. The molecule has 0 aliphatic heterocycles. The minimum atomic E-state index is -3.72. The van der Waals surface area contributed by atoms with Gasteiger partial charge in [0.05, 0.1) is 23.6 Å². The Morgan fingerprint density at radius 2 is 1.88 bits per heavy atom. The van der Waals surface area contributed by atoms with Crippen LogP contribution in [0.1, 0.15) is 17.8 Å². The lowest BCUT2D eigenvalue weighted by molar-refractivity contribution is -0.144. The van der Waals surface area contributed by atoms with Crippen molar-refractivity contribution in [3.05, 3.63) is 41.7 Å². The van der Waals surface area contributed by atoms with E-state index in [1.165, 1.54) is 24.3 Å². The van der Waals surface area contributed by atoms with Gasteiger partial charge >= 0.3 is 5.97 Å². The Bertz CT molecular complexity index is 828. The molecule has 0 saturated heterocycles. The smallest absolute Gasteiger partial charge is 0.307 e. The van der Waals surface area contributed by atoms with Crippen molar-refractivity contribution in [2.75, 3.05) is 13.2 Å². The maximum atomic E-state index is 11.7. The molecular formula is C16H21N3O5S. The lowest BCUT2D eigenvalue weighted by atomic mass is 10.3. The Hall–Kier alpha value is -2.39. The van der Waals surface area contributed by atoms with Crippen molar-refractivity contribution in [3.8, 4) is 5.75 Å². The number of hydrogen-bond acceptors (Lipinski definition) is 6. The summed E-state index contributed by atoms with van der Waals surface area (Å²) in [4.78, 5) is 11.7. The molecule has 0 unspecified atom stereocenters. The summed E-state index contributed by atoms with van der Waals surface area (Å²) < 4.78 is 34.5. The molecule has 8 nitrogen and oxygen atoms in total. The van der Waals surface area contributed by atoms with E-state index in [9.17, 15) is 13.2 Å². The number of primary sulfonamides is 1. The zero-order chi connectivity index (χ0) is 18.4. The van der Waals surface area contributed by atoms with Gasteiger partial charge in [0.25, 0.3) is 0 Å². The van der Waals surface area contributed by atoms with E-state index in [4.69, 9.17) is 14.6 Å². The summed E-state index contributed by atoms with van der Waals surface area (Å²) in [5, 5.41) is 9.29. The molecule has 0 saturated carbocycles. The Labute approximate surface area is 146 Å². The van der Waals surface area contributed by atoms with Crippen LogP contribution in [0.2, 0.25) is 0 Å². The van der Waals surface area contributed by atoms with Crippen molar-refractivity contribution in [1.82, 2.24) is 9.78 Å². The molecule has 0 aliphatic carbocycles. The standard InChI is InChI=1S/C16H21N3O5S/c1-12-11-13(2)19(18-12)8-7-16(20)24-10-9-23-14-3-5-15(6-4-14)25(17,21)22/h3-6,11H,7-10H2,1-2H3,(H2,17,21,22). The number of rotatable bonds is 8. The molecule has 136 valence electrons. The topological polar surface area (TPSA) is 114 Å². The van der Waals surface area contributed by atoms with Crippen LogP contribution in [0.3, 0.4) is 0 Å². The predicted molar refractivity (Wildman–Crippen MR) is 90.6 cm³/mol. The van der Waals surface area contributed by atoms with E-state index in [2.05, 4.69) is 5.10 Å². The van der Waals surface area contributed by atoms with Gasteiger partial charge in [0, 0.05) is 5.69 Å². The van der Waals surface area contributed by atoms with Crippen molar-refractivity contribution in [2.45, 2.75) is 31.7 Å². The van der Waals surface area contributed by atoms with Crippen molar-refractivity contribution in [2.24, 2.45) is 5.14 Å². The van der Waals surface area contributed by atoms with Crippen molar-refractivity contribution in [1.29, 1.82) is 0 Å². The van der Waals surface area contributed by atoms with Crippen molar-refractivity contribution >= 4 is 16.0 Å². The number of benzene rings is 1. The molecule has 0 aliphatic rings. The first-order chi connectivity index (χ1) is 11.8. The number of nitrogens with two attached hydrogens (primary N) is 1. The normalized spacial score (nSPS) is 11.3. The highest BCUT2D eigenvalue weighted by atomic mass is 32.2. The molecular weight excluding hydrogens is 346 g/mol. The van der Waals surface area contributed by atoms with Gasteiger partial charge < -0.3 is 9.47 Å². The van der Waals surface area contributed by atoms with E-state index < -0.39 is 10.0 Å². The number of hydrogen-bond donors (Lipinski definition) is 1. The van der Waals surface area contributed by atoms with Gasteiger partial charge in [-0.3, -0.25) is 9.48 Å². The fraction of sp³-hybridized carbons (Fsp3) is 0.375. The van der Waals surface area contributed by atoms with Crippen LogP contribution >= 0.6 is 0 Å². The summed E-state index contributed by atoms with van der Waals surface area (Å²) in [6, 6.07) is 7.63. The Kier molecular flexibility index (Phi) is 6.16. The molecule has 0 radical (unpaired) electrons. The van der Waals surface area contributed by atoms with Crippen LogP contribution in [-0.4, -0.2) is 37.4 Å². The summed E-state index contributed by atoms with van der Waals surface area (Å²) in [7, 11) is -3.72. The molecule has 1 aromatic heterocycles. The van der Waals surface area contributed by atoms with E-state index in [1.807, 2.05) is 19.9 Å². The van der Waals surface area contributed by atoms with Gasteiger partial charge in [0.15, 0.2) is 0 Å². The van der Waals surface area contributed by atoms with E-state index in [0.717, 1.165) is 11.4 Å². The molecule has 0 bridgehead atoms. The van der Waals surface area contributed by atoms with Gasteiger partial charge in [0.2, 0.25) is 10.0 Å². The van der Waals surface area contributed by atoms with E-state index in [1.54, 1.807) is 4.68 Å². The van der Waals surface area contributed by atoms with Crippen LogP contribution in [0.15, 0.2) is 35.2 Å². The van der Waals surface area contributed by atoms with Gasteiger partial charge in [-0.1, -0.05) is 0 Å². The van der Waals surface area contributed by atoms with Crippen LogP contribution in [0.25, 0.3) is 0 Å². The van der Waals surface area contributed by atoms with Crippen LogP contribution in [0, 0.1) is 13.8 Å². The first kappa shape index (κ1) is 18.9. The summed E-state index contributed by atoms with van der Waals surface area (Å²) in [6.07, 6.45) is 0.227. The van der Waals surface area contributed by atoms with Crippen LogP contribution in [0.4, 0.5) is 0 Å². The lowest BCUT2D eigenvalue weighted by Gasteiger charge is -2.08. The molecule has 25 heavy (non-hydrogen) atoms. The average molecular weight is 367 g/mol. The second kappa shape index (κ2) is 8.13. The quantitative estimate of drug-likeness (QED) is 0.553. The zero-order valence-corrected chi connectivity index (χ0v) is 15.0. The Morgan fingerprint density at radius 1 is 1.20 bits per heavy atom. The maximum absolute atomic E-state index is 11.7. The number of carbonyl (C=O) groups excluding carboxylic acids is 1. The third-order valence-corrected chi connectivity index (χ3v) is 4.33. The van der Waals surface area contributed by atoms with Gasteiger partial charge in [-0.25, -0.2) is 13.6 Å². The van der Waals surface area contributed by atoms with E-state index in [0.29, 0.717) is 12.3 Å². The molecule has 2 N–H and O–H groups in total. The predicted octanol–water partition coefficient (Wildman–Crippen LogP) is 1.16. The molecule has 0 amide bonds. The highest BCUT2D eigenvalue weighted by Crippen LogP contribution is 2.14. The largest absolute Gasteiger partial charge is 0.490 e. The molecule has 1 heterocycles. The highest BCUT2D eigenvalue weighted by Gasteiger charge is 2.08. The van der Waals surface area contributed by atoms with Gasteiger partial charge in [-0.2, -0.15) is 5.10 Å². The van der Waals surface area contributed by atoms with Crippen molar-refractivity contribution in [3.63, 3.8) is 0 Å². The third-order valence-electron chi connectivity index (χ3n) is 3.40. The molecule has 0 fully saturated rings. The number of aryl methyl sites for hydroxylation is 3. The maximum Gasteiger partial charge on any atom is 0.307 e. The summed E-state index contributed by atoms with van der Waals surface area (Å²) in [6.45, 7) is 4.57. The van der Waals surface area contributed by atoms with Crippen LogP contribution in [-0.2, 0) is 26.1 Å². The van der Waals surface area contributed by atoms with Crippen molar-refractivity contribution < 1.29 is 22.7 Å². The SMILES string of the molecule is Cc1cc(C)n(CCC(=O)OCCOc2ccc(S(N)(=O)=O)cc2)n1. The Balaban J connectivity index is 1.68. The first-order valence-electron chi connectivity index (χ1n) is 7.68. The van der Waals surface area contributed by atoms with Crippen LogP contribution < -0.4 is 9.88 Å². The van der Waals surface area contributed by atoms with Crippen LogP contribution in [0.5, 0.6) is 5.75 Å². The van der Waals surface area contributed by atoms with Gasteiger partial charge in [-0.05, 0) is 44.2 Å². The minimum absolute atomic E-state index is 0.00966. The fourth-order valence-corrected chi connectivity index (χ4v) is 2.73. The summed E-state index contributed by atoms with van der Waals surface area (Å²) >= 11 is 0. The number of aromatic nitrogens is 2. The van der Waals surface area contributed by atoms with E-state index >= 15 is 0 Å². The fourth-order valence-electron chi connectivity index (χ4n) is 2.21. The molecule has 2 aromatic rings. The van der Waals surface area contributed by atoms with Gasteiger partial charge in [-0.15, -0.1) is 0 Å². The average Bonchev–Trinajstić information content (AvgIpc) is 2.87. The number of esters is 1. The molecule has 0 spiro atoms. The summed E-state index contributed by atoms with van der Waals surface area (Å²) in [5.74, 6) is 0.131. The second-order valence-electron chi connectivity index (χ2n) is 5.49. The zero-order valence-electron chi connectivity index (χ0n) is 14.1. The summed E-state index contributed by atoms with van der Waals surface area (Å²) in [5.41, 5.74) is 1.91. The Morgan fingerprint density at radius 3 is 2.44 bits per heavy atom. The lowest BCUT2D eigenvalue weighted by Crippen LogP contribution is -2.15. The van der Waals surface area contributed by atoms with E-state index in [-0.39, 0.29) is 30.5 Å². The third kappa shape index (κ3) is 5.87. The molecule has 0 atom stereocenters. The second-order valence-corrected chi connectivity index (χ2v) is 7.05. The highest BCUT2D eigenvalue weighted by molar-refractivity contribution is 7.89. The number of sulfonamides is 1.